The Morgan fingerprint density at radius 1 is 1.17 bits per heavy atom. The lowest BCUT2D eigenvalue weighted by atomic mass is 9.96. The number of nitrogens with zero attached hydrogens (tertiary/aromatic N) is 3. The average molecular weight is 396 g/mol. The molecule has 1 aliphatic heterocycles. The number of carbonyl (C=O) groups is 2. The number of anilines is 1. The largest absolute Gasteiger partial charge is 0.478 e. The van der Waals surface area contributed by atoms with E-state index in [1.54, 1.807) is 24.3 Å². The molecule has 1 aromatic heterocycles. The number of carboxylic acid groups (broad SMARTS) is 1. The molecule has 1 aliphatic rings. The minimum absolute atomic E-state index is 0.0815. The molecule has 0 radical (unpaired) electrons. The van der Waals surface area contributed by atoms with Crippen LogP contribution < -0.4 is 10.2 Å². The fourth-order valence-corrected chi connectivity index (χ4v) is 3.61. The lowest BCUT2D eigenvalue weighted by Crippen LogP contribution is -2.44. The Bertz CT molecular complexity index is 803. The van der Waals surface area contributed by atoms with Gasteiger partial charge in [-0.15, -0.1) is 0 Å². The molecular weight excluding hydrogens is 368 g/mol. The number of nitrogens with one attached hydrogen (secondary N) is 1. The molecule has 7 nitrogen and oxygen atoms in total. The highest BCUT2D eigenvalue weighted by Gasteiger charge is 2.23. The van der Waals surface area contributed by atoms with E-state index in [0.717, 1.165) is 43.9 Å². The number of hydrogen-bond acceptors (Lipinski definition) is 4. The van der Waals surface area contributed by atoms with Crippen LogP contribution in [0, 0.1) is 5.92 Å². The summed E-state index contributed by atoms with van der Waals surface area (Å²) in [6, 6.07) is 12.5. The minimum Gasteiger partial charge on any atom is -0.478 e. The zero-order valence-electron chi connectivity index (χ0n) is 16.8. The zero-order chi connectivity index (χ0) is 20.6. The van der Waals surface area contributed by atoms with Crippen molar-refractivity contribution in [3.05, 3.63) is 59.8 Å². The third-order valence-electron chi connectivity index (χ3n) is 5.38. The molecule has 29 heavy (non-hydrogen) atoms. The van der Waals surface area contributed by atoms with E-state index < -0.39 is 5.97 Å². The van der Waals surface area contributed by atoms with E-state index >= 15 is 0 Å². The summed E-state index contributed by atoms with van der Waals surface area (Å²) in [6.45, 7) is 5.69. The van der Waals surface area contributed by atoms with Gasteiger partial charge >= 0.3 is 12.0 Å². The summed E-state index contributed by atoms with van der Waals surface area (Å²) in [5.74, 6) is 0.548. The number of amides is 2. The number of benzene rings is 1. The van der Waals surface area contributed by atoms with Crippen LogP contribution in [-0.4, -0.2) is 53.2 Å². The molecule has 1 fully saturated rings. The van der Waals surface area contributed by atoms with Crippen LogP contribution in [0.1, 0.15) is 35.7 Å². The zero-order valence-corrected chi connectivity index (χ0v) is 16.8. The third kappa shape index (κ3) is 5.70. The Kier molecular flexibility index (Phi) is 7.05. The van der Waals surface area contributed by atoms with Crippen molar-refractivity contribution in [2.24, 2.45) is 5.92 Å². The summed E-state index contributed by atoms with van der Waals surface area (Å²) in [4.78, 5) is 32.1. The van der Waals surface area contributed by atoms with Crippen LogP contribution in [0.25, 0.3) is 0 Å². The summed E-state index contributed by atoms with van der Waals surface area (Å²) in [6.07, 6.45) is 3.90. The van der Waals surface area contributed by atoms with E-state index in [1.807, 2.05) is 36.2 Å². The molecule has 1 aromatic carbocycles. The second-order valence-corrected chi connectivity index (χ2v) is 7.32. The summed E-state index contributed by atoms with van der Waals surface area (Å²) in [5.41, 5.74) is 1.12. The van der Waals surface area contributed by atoms with Gasteiger partial charge in [0.05, 0.1) is 5.56 Å². The lowest BCUT2D eigenvalue weighted by Gasteiger charge is -2.35. The number of carboxylic acids is 1. The number of hydrogen-bond donors (Lipinski definition) is 2. The van der Waals surface area contributed by atoms with Crippen molar-refractivity contribution in [1.29, 1.82) is 0 Å². The molecule has 0 atom stereocenters. The van der Waals surface area contributed by atoms with E-state index in [4.69, 9.17) is 5.11 Å². The van der Waals surface area contributed by atoms with Crippen LogP contribution in [0.15, 0.2) is 48.7 Å². The van der Waals surface area contributed by atoms with E-state index in [-0.39, 0.29) is 11.6 Å². The maximum Gasteiger partial charge on any atom is 0.335 e. The molecule has 1 saturated heterocycles. The quantitative estimate of drug-likeness (QED) is 0.750. The summed E-state index contributed by atoms with van der Waals surface area (Å²) >= 11 is 0. The van der Waals surface area contributed by atoms with Gasteiger partial charge in [0, 0.05) is 38.9 Å². The van der Waals surface area contributed by atoms with E-state index in [9.17, 15) is 9.59 Å². The van der Waals surface area contributed by atoms with Crippen LogP contribution in [0.4, 0.5) is 10.6 Å². The fourth-order valence-electron chi connectivity index (χ4n) is 3.61. The fraction of sp³-hybridized carbons (Fsp3) is 0.409. The topological polar surface area (TPSA) is 85.8 Å². The monoisotopic (exact) mass is 396 g/mol. The van der Waals surface area contributed by atoms with Crippen molar-refractivity contribution in [2.75, 3.05) is 31.1 Å². The van der Waals surface area contributed by atoms with Crippen molar-refractivity contribution in [1.82, 2.24) is 15.2 Å². The van der Waals surface area contributed by atoms with Gasteiger partial charge in [-0.25, -0.2) is 14.6 Å². The molecule has 2 aromatic rings. The highest BCUT2D eigenvalue weighted by molar-refractivity contribution is 5.87. The van der Waals surface area contributed by atoms with Gasteiger partial charge in [0.25, 0.3) is 0 Å². The first-order valence-corrected chi connectivity index (χ1v) is 10.1. The predicted octanol–water partition coefficient (Wildman–Crippen LogP) is 3.23. The van der Waals surface area contributed by atoms with Crippen molar-refractivity contribution in [3.63, 3.8) is 0 Å². The van der Waals surface area contributed by atoms with Gasteiger partial charge < -0.3 is 20.2 Å². The first-order valence-electron chi connectivity index (χ1n) is 10.1. The average Bonchev–Trinajstić information content (AvgIpc) is 2.77. The Morgan fingerprint density at radius 2 is 1.90 bits per heavy atom. The number of aromatic carboxylic acids is 1. The molecular formula is C22H28N4O3. The number of urea groups is 1. The molecule has 3 rings (SSSR count). The molecule has 7 heteroatoms. The minimum atomic E-state index is -0.952. The van der Waals surface area contributed by atoms with Gasteiger partial charge in [0.15, 0.2) is 0 Å². The summed E-state index contributed by atoms with van der Waals surface area (Å²) in [5, 5.41) is 11.9. The maximum atomic E-state index is 12.6. The number of rotatable bonds is 7. The van der Waals surface area contributed by atoms with Gasteiger partial charge in [-0.2, -0.15) is 0 Å². The highest BCUT2D eigenvalue weighted by atomic mass is 16.4. The van der Waals surface area contributed by atoms with Crippen LogP contribution >= 0.6 is 0 Å². The molecule has 2 heterocycles. The maximum absolute atomic E-state index is 12.6. The van der Waals surface area contributed by atoms with Gasteiger partial charge in [0.1, 0.15) is 5.82 Å². The van der Waals surface area contributed by atoms with Gasteiger partial charge in [-0.3, -0.25) is 0 Å². The first kappa shape index (κ1) is 20.6. The van der Waals surface area contributed by atoms with Crippen LogP contribution in [0.2, 0.25) is 0 Å². The van der Waals surface area contributed by atoms with Gasteiger partial charge in [-0.05, 0) is 55.5 Å². The Morgan fingerprint density at radius 3 is 2.48 bits per heavy atom. The molecule has 0 unspecified atom stereocenters. The molecule has 0 bridgehead atoms. The van der Waals surface area contributed by atoms with E-state index in [0.29, 0.717) is 19.0 Å². The number of pyridine rings is 1. The molecule has 0 saturated carbocycles. The summed E-state index contributed by atoms with van der Waals surface area (Å²) < 4.78 is 0. The molecule has 0 spiro atoms. The van der Waals surface area contributed by atoms with Gasteiger partial charge in [0.2, 0.25) is 0 Å². The van der Waals surface area contributed by atoms with E-state index in [2.05, 4.69) is 15.2 Å². The second kappa shape index (κ2) is 9.91. The highest BCUT2D eigenvalue weighted by Crippen LogP contribution is 2.22. The Balaban J connectivity index is 1.46. The van der Waals surface area contributed by atoms with Crippen molar-refractivity contribution >= 4 is 17.8 Å². The molecule has 0 aliphatic carbocycles. The van der Waals surface area contributed by atoms with Crippen molar-refractivity contribution in [3.8, 4) is 0 Å². The normalized spacial score (nSPS) is 14.4. The standard InChI is InChI=1S/C22H28N4O3/c1-2-25(22(29)24-15-17-6-8-19(9-7-17)21(27)28)16-18-10-13-26(14-11-18)20-5-3-4-12-23-20/h3-9,12,18H,2,10-11,13-16H2,1H3,(H,24,29)(H,27,28). The van der Waals surface area contributed by atoms with Crippen molar-refractivity contribution < 1.29 is 14.7 Å². The lowest BCUT2D eigenvalue weighted by molar-refractivity contribution is 0.0697. The molecule has 2 amide bonds. The second-order valence-electron chi connectivity index (χ2n) is 7.32. The molecule has 154 valence electrons. The Labute approximate surface area is 171 Å². The first-order chi connectivity index (χ1) is 14.1. The summed E-state index contributed by atoms with van der Waals surface area (Å²) in [7, 11) is 0. The third-order valence-corrected chi connectivity index (χ3v) is 5.38. The number of piperidine rings is 1. The Hall–Kier alpha value is -3.09. The number of carbonyl (C=O) groups excluding carboxylic acids is 1. The molecule has 2 N–H and O–H groups in total. The van der Waals surface area contributed by atoms with Crippen LogP contribution in [0.5, 0.6) is 0 Å². The number of aromatic nitrogens is 1. The SMILES string of the molecule is CCN(CC1CCN(c2ccccn2)CC1)C(=O)NCc1ccc(C(=O)O)cc1. The van der Waals surface area contributed by atoms with Gasteiger partial charge in [-0.1, -0.05) is 18.2 Å². The van der Waals surface area contributed by atoms with Crippen molar-refractivity contribution in [2.45, 2.75) is 26.3 Å². The van der Waals surface area contributed by atoms with E-state index in [1.165, 1.54) is 0 Å². The predicted molar refractivity (Wildman–Crippen MR) is 112 cm³/mol. The smallest absolute Gasteiger partial charge is 0.335 e. The van der Waals surface area contributed by atoms with Crippen LogP contribution in [-0.2, 0) is 6.54 Å². The van der Waals surface area contributed by atoms with Crippen LogP contribution in [0.3, 0.4) is 0 Å².